The topological polar surface area (TPSA) is 71.3 Å². The molecule has 1 N–H and O–H groups in total. The van der Waals surface area contributed by atoms with E-state index in [2.05, 4.69) is 4.98 Å². The van der Waals surface area contributed by atoms with Crippen LogP contribution < -0.4 is 4.98 Å². The van der Waals surface area contributed by atoms with Gasteiger partial charge in [-0.05, 0) is 0 Å². The molecule has 1 rings (SSSR count). The predicted octanol–water partition coefficient (Wildman–Crippen LogP) is 6.95. The third kappa shape index (κ3) is 6.52. The summed E-state index contributed by atoms with van der Waals surface area (Å²) in [6, 6.07) is 5.86. The van der Waals surface area contributed by atoms with Gasteiger partial charge in [0.1, 0.15) is 15.9 Å². The summed E-state index contributed by atoms with van der Waals surface area (Å²) in [4.78, 5) is 2.89. The highest BCUT2D eigenvalue weighted by atomic mass is 32.2. The van der Waals surface area contributed by atoms with E-state index in [0.717, 1.165) is 0 Å². The fraction of sp³-hybridized carbons (Fsp3) is 0.706. The minimum absolute atomic E-state index is 1.88. The Morgan fingerprint density at radius 3 is 0.844 bits per heavy atom. The van der Waals surface area contributed by atoms with E-state index in [9.17, 15) is 114 Å². The zero-order chi connectivity index (χ0) is 36.9. The van der Waals surface area contributed by atoms with E-state index in [-0.39, 0.29) is 0 Å². The van der Waals surface area contributed by atoms with Gasteiger partial charge in [-0.25, -0.2) is 13.4 Å². The summed E-state index contributed by atoms with van der Waals surface area (Å²) >= 11 is 0. The Morgan fingerprint density at radius 1 is 0.422 bits per heavy atom. The van der Waals surface area contributed by atoms with Crippen molar-refractivity contribution >= 4 is 10.1 Å². The number of aromatic nitrogens is 1. The molecule has 0 amide bonds. The van der Waals surface area contributed by atoms with Crippen LogP contribution in [-0.4, -0.2) is 84.1 Å². The van der Waals surface area contributed by atoms with Crippen molar-refractivity contribution in [3.05, 3.63) is 30.6 Å². The van der Waals surface area contributed by atoms with Crippen LogP contribution in [0.5, 0.6) is 0 Å². The van der Waals surface area contributed by atoms with Gasteiger partial charge in [0.2, 0.25) is 0 Å². The molecule has 0 saturated heterocycles. The molecule has 4 nitrogen and oxygen atoms in total. The second-order valence-electron chi connectivity index (χ2n) is 8.15. The molecular weight excluding hydrogens is 735 g/mol. The molecule has 0 saturated carbocycles. The Morgan fingerprint density at radius 2 is 0.667 bits per heavy atom. The van der Waals surface area contributed by atoms with Gasteiger partial charge in [0.15, 0.2) is 12.4 Å². The van der Waals surface area contributed by atoms with Crippen LogP contribution in [0.2, 0.25) is 0 Å². The first-order chi connectivity index (χ1) is 19.2. The molecule has 0 aliphatic heterocycles. The number of hydrogen-bond acceptors (Lipinski definition) is 3. The van der Waals surface area contributed by atoms with Crippen LogP contribution in [0.1, 0.15) is 0 Å². The fourth-order valence-electron chi connectivity index (χ4n) is 2.44. The van der Waals surface area contributed by atoms with Gasteiger partial charge in [0, 0.05) is 12.1 Å². The van der Waals surface area contributed by atoms with Crippen molar-refractivity contribution in [3.63, 3.8) is 0 Å². The summed E-state index contributed by atoms with van der Waals surface area (Å²) in [6.45, 7) is 0. The monoisotopic (exact) mass is 743 g/mol. The van der Waals surface area contributed by atoms with Crippen molar-refractivity contribution in [2.45, 2.75) is 65.4 Å². The molecule has 0 aliphatic rings. The lowest BCUT2D eigenvalue weighted by atomic mass is 9.85. The van der Waals surface area contributed by atoms with Gasteiger partial charge >= 0.3 is 65.4 Å². The summed E-state index contributed by atoms with van der Waals surface area (Å²) in [6.07, 6.45) is -4.40. The number of aromatic amines is 1. The average molecular weight is 743 g/mol. The molecule has 0 radical (unpaired) electrons. The minimum Gasteiger partial charge on any atom is -0.748 e. The summed E-state index contributed by atoms with van der Waals surface area (Å²) in [5, 5.41) is 0. The Labute approximate surface area is 231 Å². The Balaban J connectivity index is 0.00000285. The molecule has 0 spiro atoms. The number of alkyl halides is 23. The molecule has 1 aromatic rings. The van der Waals surface area contributed by atoms with Crippen LogP contribution >= 0.6 is 0 Å². The third-order valence-electron chi connectivity index (χ3n) is 4.94. The molecule has 1 heterocycles. The second-order valence-corrected chi connectivity index (χ2v) is 9.56. The van der Waals surface area contributed by atoms with Crippen molar-refractivity contribution in [2.75, 3.05) is 5.75 Å². The minimum atomic E-state index is -9.54. The summed E-state index contributed by atoms with van der Waals surface area (Å²) in [7, 11) is -6.98. The Hall–Kier alpha value is -2.55. The highest BCUT2D eigenvalue weighted by Gasteiger charge is 2.98. The number of pyridine rings is 1. The van der Waals surface area contributed by atoms with Gasteiger partial charge in [-0.15, -0.1) is 0 Å². The maximum absolute atomic E-state index is 13.5. The first-order valence-electron chi connectivity index (χ1n) is 9.90. The van der Waals surface area contributed by atoms with E-state index < -0.39 is 81.3 Å². The smallest absolute Gasteiger partial charge is 0.460 e. The standard InChI is InChI=1S/C12H3F23O3S.C5H5N/c13-2(14,1-39(36,37)38)3(15,16)4(17,18)5(19,20)6(21,22)7(23,24)8(25,26)9(27,28)10(29,30)11(31,32)12(33,34)35;1-2-4-6-5-3-1/h1H2,(H,36,37,38);1-5H. The molecule has 28 heteroatoms. The van der Waals surface area contributed by atoms with Crippen molar-refractivity contribution in [3.8, 4) is 0 Å². The molecule has 0 atom stereocenters. The molecule has 0 bridgehead atoms. The lowest BCUT2D eigenvalue weighted by Gasteiger charge is -2.45. The van der Waals surface area contributed by atoms with Gasteiger partial charge in [-0.2, -0.15) is 101 Å². The Bertz CT molecular complexity index is 1230. The number of nitrogens with one attached hydrogen (secondary N) is 1. The Kier molecular flexibility index (Phi) is 10.9. The second kappa shape index (κ2) is 11.6. The van der Waals surface area contributed by atoms with Crippen molar-refractivity contribution in [1.82, 2.24) is 0 Å². The first-order valence-corrected chi connectivity index (χ1v) is 11.5. The van der Waals surface area contributed by atoms with Gasteiger partial charge in [-0.3, -0.25) is 0 Å². The fourth-order valence-corrected chi connectivity index (χ4v) is 3.07. The summed E-state index contributed by atoms with van der Waals surface area (Å²) in [5.74, 6) is -94.3. The number of H-pyrrole nitrogens is 1. The van der Waals surface area contributed by atoms with Crippen molar-refractivity contribution in [2.24, 2.45) is 0 Å². The van der Waals surface area contributed by atoms with Crippen LogP contribution in [-0.2, 0) is 10.1 Å². The molecule has 1 aromatic heterocycles. The van der Waals surface area contributed by atoms with Crippen LogP contribution in [0.4, 0.5) is 101 Å². The summed E-state index contributed by atoms with van der Waals surface area (Å²) < 4.78 is 331. The van der Waals surface area contributed by atoms with Crippen LogP contribution in [0.3, 0.4) is 0 Å². The third-order valence-corrected chi connectivity index (χ3v) is 5.65. The van der Waals surface area contributed by atoms with E-state index in [1.165, 1.54) is 0 Å². The van der Waals surface area contributed by atoms with E-state index >= 15 is 0 Å². The maximum atomic E-state index is 13.5. The van der Waals surface area contributed by atoms with E-state index in [1.54, 1.807) is 0 Å². The first kappa shape index (κ1) is 42.5. The van der Waals surface area contributed by atoms with E-state index in [4.69, 9.17) is 0 Å². The van der Waals surface area contributed by atoms with Crippen LogP contribution in [0.25, 0.3) is 0 Å². The van der Waals surface area contributed by atoms with Gasteiger partial charge in [-0.1, -0.05) is 6.07 Å². The molecule has 0 aliphatic carbocycles. The normalized spacial score (nSPS) is 15.8. The van der Waals surface area contributed by atoms with E-state index in [1.807, 2.05) is 30.6 Å². The lowest BCUT2D eigenvalue weighted by molar-refractivity contribution is -0.478. The van der Waals surface area contributed by atoms with Crippen LogP contribution in [0, 0.1) is 0 Å². The molecule has 0 unspecified atom stereocenters. The predicted molar refractivity (Wildman–Crippen MR) is 93.1 cm³/mol. The molecular formula is C17H8F23NO3S. The van der Waals surface area contributed by atoms with Gasteiger partial charge in [0.25, 0.3) is 0 Å². The van der Waals surface area contributed by atoms with Gasteiger partial charge in [0.05, 0.1) is 0 Å². The average Bonchev–Trinajstić information content (AvgIpc) is 2.82. The number of rotatable bonds is 11. The number of hydrogen-bond donors (Lipinski definition) is 0. The molecule has 45 heavy (non-hydrogen) atoms. The summed E-state index contributed by atoms with van der Waals surface area (Å²) in [5.41, 5.74) is 0. The maximum Gasteiger partial charge on any atom is 0.460 e. The van der Waals surface area contributed by atoms with Gasteiger partial charge < -0.3 is 4.55 Å². The van der Waals surface area contributed by atoms with Crippen molar-refractivity contribution < 1.29 is 119 Å². The lowest BCUT2D eigenvalue weighted by Crippen LogP contribution is -2.77. The molecule has 0 aromatic carbocycles. The quantitative estimate of drug-likeness (QED) is 0.182. The van der Waals surface area contributed by atoms with Crippen molar-refractivity contribution in [1.29, 1.82) is 0 Å². The zero-order valence-electron chi connectivity index (χ0n) is 19.9. The highest BCUT2D eigenvalue weighted by molar-refractivity contribution is 7.85. The zero-order valence-corrected chi connectivity index (χ0v) is 20.7. The molecule has 0 fully saturated rings. The SMILES string of the molecule is O=S(=O)([O-])CC(F)(F)C(F)(F)C(F)(F)C(F)(F)C(F)(F)C(F)(F)C(F)(F)C(F)(F)C(F)(F)C(F)(F)C(F)(F)F.c1cc[nH+]cc1. The largest absolute Gasteiger partial charge is 0.748 e. The number of halogens is 23. The van der Waals surface area contributed by atoms with E-state index in [0.29, 0.717) is 0 Å². The highest BCUT2D eigenvalue weighted by Crippen LogP contribution is 2.67. The van der Waals surface area contributed by atoms with Crippen LogP contribution in [0.15, 0.2) is 30.6 Å². The molecule has 266 valence electrons.